The third-order valence-corrected chi connectivity index (χ3v) is 9.13. The zero-order chi connectivity index (χ0) is 25.6. The Bertz CT molecular complexity index is 1740. The lowest BCUT2D eigenvalue weighted by Crippen LogP contribution is -2.28. The van der Waals surface area contributed by atoms with Crippen LogP contribution in [-0.4, -0.2) is 28.3 Å². The molecule has 4 heterocycles. The number of pyridine rings is 1. The first-order valence-electron chi connectivity index (χ1n) is 10.5. The third-order valence-electron chi connectivity index (χ3n) is 5.45. The number of carbonyl (C=O) groups is 1. The van der Waals surface area contributed by atoms with Crippen molar-refractivity contribution in [3.8, 4) is 0 Å². The maximum absolute atomic E-state index is 14.4. The van der Waals surface area contributed by atoms with Crippen molar-refractivity contribution in [2.75, 3.05) is 0 Å². The second kappa shape index (κ2) is 9.36. The fraction of sp³-hybridized carbons (Fsp3) is 0.0833. The Morgan fingerprint density at radius 2 is 2.03 bits per heavy atom. The van der Waals surface area contributed by atoms with Gasteiger partial charge in [0.15, 0.2) is 0 Å². The molecule has 0 saturated heterocycles. The van der Waals surface area contributed by atoms with Crippen molar-refractivity contribution in [1.29, 1.82) is 0 Å². The highest BCUT2D eigenvalue weighted by atomic mass is 35.5. The normalized spacial score (nSPS) is 12.2. The number of halogens is 3. The maximum atomic E-state index is 14.4. The van der Waals surface area contributed by atoms with Crippen molar-refractivity contribution in [3.05, 3.63) is 93.1 Å². The standard InChI is InChI=1S/C24H17Cl2FN4O3S2/c1-14-11-31(13-17-12-30-7-3-2-4-20(30)28-17)23-15(8-16(27)9-18(14)23)5-6-21(32)29-36(33,34)22-10-19(25)24(26)35-22/h2-12H,13H2,1H3,(H,29,32)/b6-5+. The Balaban J connectivity index is 1.46. The Morgan fingerprint density at radius 3 is 2.75 bits per heavy atom. The van der Waals surface area contributed by atoms with Gasteiger partial charge in [-0.1, -0.05) is 29.3 Å². The van der Waals surface area contributed by atoms with E-state index >= 15 is 0 Å². The maximum Gasteiger partial charge on any atom is 0.273 e. The fourth-order valence-corrected chi connectivity index (χ4v) is 6.77. The van der Waals surface area contributed by atoms with E-state index in [1.165, 1.54) is 24.3 Å². The van der Waals surface area contributed by atoms with E-state index in [1.807, 2.05) is 57.4 Å². The fourth-order valence-electron chi connectivity index (χ4n) is 3.94. The van der Waals surface area contributed by atoms with E-state index in [9.17, 15) is 17.6 Å². The number of aryl methyl sites for hydroxylation is 1. The van der Waals surface area contributed by atoms with Gasteiger partial charge in [-0.05, 0) is 48.9 Å². The number of hydrogen-bond donors (Lipinski definition) is 1. The average Bonchev–Trinajstić information content (AvgIpc) is 3.47. The number of amides is 1. The number of thiophene rings is 1. The van der Waals surface area contributed by atoms with E-state index in [4.69, 9.17) is 23.2 Å². The number of fused-ring (bicyclic) bond motifs is 2. The molecule has 0 saturated carbocycles. The molecular weight excluding hydrogens is 546 g/mol. The molecule has 184 valence electrons. The second-order valence-corrected chi connectivity index (χ2v) is 12.0. The average molecular weight is 563 g/mol. The quantitative estimate of drug-likeness (QED) is 0.270. The van der Waals surface area contributed by atoms with Crippen LogP contribution in [-0.2, 0) is 21.4 Å². The predicted octanol–water partition coefficient (Wildman–Crippen LogP) is 5.67. The summed E-state index contributed by atoms with van der Waals surface area (Å²) < 4.78 is 45.1. The Morgan fingerprint density at radius 1 is 1.22 bits per heavy atom. The van der Waals surface area contributed by atoms with Crippen molar-refractivity contribution in [1.82, 2.24) is 18.7 Å². The first kappa shape index (κ1) is 24.5. The summed E-state index contributed by atoms with van der Waals surface area (Å²) in [5.41, 5.74) is 3.56. The van der Waals surface area contributed by atoms with Crippen LogP contribution >= 0.6 is 34.5 Å². The van der Waals surface area contributed by atoms with E-state index < -0.39 is 21.7 Å². The van der Waals surface area contributed by atoms with Gasteiger partial charge in [0.2, 0.25) is 0 Å². The molecule has 36 heavy (non-hydrogen) atoms. The first-order valence-corrected chi connectivity index (χ1v) is 13.6. The monoisotopic (exact) mass is 562 g/mol. The summed E-state index contributed by atoms with van der Waals surface area (Å²) in [6, 6.07) is 9.60. The van der Waals surface area contributed by atoms with Gasteiger partial charge >= 0.3 is 0 Å². The first-order chi connectivity index (χ1) is 17.1. The Kier molecular flexibility index (Phi) is 6.37. The molecular formula is C24H17Cl2FN4O3S2. The number of nitrogens with one attached hydrogen (secondary N) is 1. The molecule has 4 aromatic heterocycles. The number of benzene rings is 1. The summed E-state index contributed by atoms with van der Waals surface area (Å²) in [7, 11) is -4.16. The molecule has 1 N–H and O–H groups in total. The van der Waals surface area contributed by atoms with Crippen LogP contribution in [0.15, 0.2) is 65.3 Å². The van der Waals surface area contributed by atoms with E-state index in [0.29, 0.717) is 23.0 Å². The lowest BCUT2D eigenvalue weighted by atomic mass is 10.1. The molecule has 7 nitrogen and oxygen atoms in total. The minimum atomic E-state index is -4.16. The Labute approximate surface area is 219 Å². The molecule has 0 fully saturated rings. The van der Waals surface area contributed by atoms with Crippen molar-refractivity contribution in [2.24, 2.45) is 0 Å². The van der Waals surface area contributed by atoms with Gasteiger partial charge in [-0.3, -0.25) is 4.79 Å². The van der Waals surface area contributed by atoms with Gasteiger partial charge in [0, 0.05) is 35.6 Å². The largest absolute Gasteiger partial charge is 0.341 e. The molecule has 0 atom stereocenters. The van der Waals surface area contributed by atoms with E-state index in [1.54, 1.807) is 0 Å². The highest BCUT2D eigenvalue weighted by Crippen LogP contribution is 2.34. The minimum absolute atomic E-state index is 0.0777. The number of rotatable bonds is 6. The van der Waals surface area contributed by atoms with Crippen LogP contribution in [0.3, 0.4) is 0 Å². The van der Waals surface area contributed by atoms with Crippen molar-refractivity contribution >= 4 is 73.1 Å². The molecule has 5 aromatic rings. The number of sulfonamides is 1. The highest BCUT2D eigenvalue weighted by molar-refractivity contribution is 7.92. The molecule has 1 amide bonds. The van der Waals surface area contributed by atoms with Crippen LogP contribution in [0.4, 0.5) is 4.39 Å². The van der Waals surface area contributed by atoms with E-state index in [2.05, 4.69) is 4.98 Å². The summed E-state index contributed by atoms with van der Waals surface area (Å²) in [6.07, 6.45) is 8.13. The molecule has 0 aliphatic heterocycles. The molecule has 0 bridgehead atoms. The lowest BCUT2D eigenvalue weighted by molar-refractivity contribution is -0.114. The third kappa shape index (κ3) is 4.77. The number of hydrogen-bond acceptors (Lipinski definition) is 5. The van der Waals surface area contributed by atoms with Crippen LogP contribution in [0.1, 0.15) is 16.8 Å². The van der Waals surface area contributed by atoms with Crippen molar-refractivity contribution in [2.45, 2.75) is 17.7 Å². The lowest BCUT2D eigenvalue weighted by Gasteiger charge is -2.07. The van der Waals surface area contributed by atoms with Crippen LogP contribution in [0.5, 0.6) is 0 Å². The summed E-state index contributed by atoms with van der Waals surface area (Å²) in [5.74, 6) is -1.38. The van der Waals surface area contributed by atoms with Gasteiger partial charge in [0.1, 0.15) is 20.0 Å². The second-order valence-electron chi connectivity index (χ2n) is 8.02. The smallest absolute Gasteiger partial charge is 0.273 e. The molecule has 0 spiro atoms. The Hall–Kier alpha value is -3.18. The highest BCUT2D eigenvalue weighted by Gasteiger charge is 2.21. The van der Waals surface area contributed by atoms with E-state index in [-0.39, 0.29) is 13.6 Å². The van der Waals surface area contributed by atoms with Crippen LogP contribution in [0.25, 0.3) is 22.6 Å². The van der Waals surface area contributed by atoms with Crippen LogP contribution in [0.2, 0.25) is 9.36 Å². The molecule has 0 aliphatic carbocycles. The van der Waals surface area contributed by atoms with Crippen LogP contribution < -0.4 is 4.72 Å². The van der Waals surface area contributed by atoms with Gasteiger partial charge in [0.25, 0.3) is 15.9 Å². The van der Waals surface area contributed by atoms with Gasteiger partial charge in [-0.15, -0.1) is 11.3 Å². The van der Waals surface area contributed by atoms with Crippen molar-refractivity contribution < 1.29 is 17.6 Å². The molecule has 5 rings (SSSR count). The predicted molar refractivity (Wildman–Crippen MR) is 140 cm³/mol. The SMILES string of the molecule is Cc1cn(Cc2cn3ccccc3n2)c2c(/C=C/C(=O)NS(=O)(=O)c3cc(Cl)c(Cl)s3)cc(F)cc12. The van der Waals surface area contributed by atoms with Gasteiger partial charge in [-0.2, -0.15) is 0 Å². The minimum Gasteiger partial charge on any atom is -0.341 e. The molecule has 0 radical (unpaired) electrons. The van der Waals surface area contributed by atoms with Crippen LogP contribution in [0, 0.1) is 12.7 Å². The summed E-state index contributed by atoms with van der Waals surface area (Å²) in [6.45, 7) is 2.28. The summed E-state index contributed by atoms with van der Waals surface area (Å²) in [4.78, 5) is 17.1. The zero-order valence-corrected chi connectivity index (χ0v) is 21.7. The van der Waals surface area contributed by atoms with Crippen molar-refractivity contribution in [3.63, 3.8) is 0 Å². The molecule has 1 aromatic carbocycles. The zero-order valence-electron chi connectivity index (χ0n) is 18.6. The van der Waals surface area contributed by atoms with E-state index in [0.717, 1.165) is 34.3 Å². The van der Waals surface area contributed by atoms with Gasteiger partial charge < -0.3 is 8.97 Å². The molecule has 12 heteroatoms. The molecule has 0 aliphatic rings. The number of aromatic nitrogens is 3. The number of imidazole rings is 1. The van der Waals surface area contributed by atoms with Gasteiger partial charge in [-0.25, -0.2) is 22.5 Å². The number of carbonyl (C=O) groups excluding carboxylic acids is 1. The topological polar surface area (TPSA) is 85.5 Å². The molecule has 0 unspecified atom stereocenters. The summed E-state index contributed by atoms with van der Waals surface area (Å²) in [5, 5.41) is 0.753. The van der Waals surface area contributed by atoms with Gasteiger partial charge in [0.05, 0.1) is 22.8 Å². The number of nitrogens with zero attached hydrogens (tertiary/aromatic N) is 3. The summed E-state index contributed by atoms with van der Waals surface area (Å²) >= 11 is 12.4.